The van der Waals surface area contributed by atoms with E-state index < -0.39 is 10.1 Å². The molecule has 4 nitrogen and oxygen atoms in total. The third-order valence-corrected chi connectivity index (χ3v) is 4.24. The molecule has 1 unspecified atom stereocenters. The Morgan fingerprint density at radius 2 is 1.55 bits per heavy atom. The Labute approximate surface area is 133 Å². The first-order chi connectivity index (χ1) is 10.4. The standard InChI is InChI=1S/C10H16O.C7H8O3S/c11-10-8-6-4-2-1-3-5-7-9-10;1-6-2-4-7(5-3-6)11(8,9)10/h10-11H,2,4-9H2;2-5H,1H3,(H,8,9,10). The second kappa shape index (κ2) is 9.62. The van der Waals surface area contributed by atoms with E-state index in [4.69, 9.17) is 4.55 Å². The molecule has 122 valence electrons. The summed E-state index contributed by atoms with van der Waals surface area (Å²) in [6.07, 6.45) is 7.20. The minimum absolute atomic E-state index is 0.0603. The summed E-state index contributed by atoms with van der Waals surface area (Å²) in [7, 11) is -4.02. The van der Waals surface area contributed by atoms with Crippen molar-refractivity contribution in [3.05, 3.63) is 29.8 Å². The highest BCUT2D eigenvalue weighted by molar-refractivity contribution is 7.85. The van der Waals surface area contributed by atoms with E-state index in [9.17, 15) is 13.5 Å². The van der Waals surface area contributed by atoms with Crippen molar-refractivity contribution in [1.29, 1.82) is 0 Å². The molecule has 1 aromatic carbocycles. The average molecular weight is 324 g/mol. The van der Waals surface area contributed by atoms with E-state index >= 15 is 0 Å². The first-order valence-electron chi connectivity index (χ1n) is 7.57. The number of hydrogen-bond acceptors (Lipinski definition) is 3. The molecule has 0 aliphatic heterocycles. The summed E-state index contributed by atoms with van der Waals surface area (Å²) < 4.78 is 29.6. The molecule has 1 aromatic rings. The number of benzene rings is 1. The summed E-state index contributed by atoms with van der Waals surface area (Å²) in [5.74, 6) is 6.25. The lowest BCUT2D eigenvalue weighted by atomic mass is 10.0. The van der Waals surface area contributed by atoms with Crippen molar-refractivity contribution in [2.24, 2.45) is 0 Å². The van der Waals surface area contributed by atoms with Crippen LogP contribution in [0, 0.1) is 18.8 Å². The van der Waals surface area contributed by atoms with Gasteiger partial charge >= 0.3 is 0 Å². The smallest absolute Gasteiger partial charge is 0.294 e. The Hall–Kier alpha value is -1.35. The number of rotatable bonds is 1. The van der Waals surface area contributed by atoms with Gasteiger partial charge in [-0.2, -0.15) is 8.42 Å². The number of aliphatic hydroxyl groups is 1. The predicted molar refractivity (Wildman–Crippen MR) is 87.1 cm³/mol. The van der Waals surface area contributed by atoms with Crippen molar-refractivity contribution in [1.82, 2.24) is 0 Å². The molecule has 0 spiro atoms. The molecule has 1 aliphatic carbocycles. The van der Waals surface area contributed by atoms with E-state index in [1.54, 1.807) is 12.1 Å². The van der Waals surface area contributed by atoms with E-state index in [1.165, 1.54) is 12.1 Å². The summed E-state index contributed by atoms with van der Waals surface area (Å²) >= 11 is 0. The molecular weight excluding hydrogens is 300 g/mol. The summed E-state index contributed by atoms with van der Waals surface area (Å²) in [5.41, 5.74) is 0.956. The van der Waals surface area contributed by atoms with Gasteiger partial charge in [0.05, 0.1) is 11.0 Å². The van der Waals surface area contributed by atoms with Gasteiger partial charge in [-0.3, -0.25) is 4.55 Å². The third-order valence-electron chi connectivity index (χ3n) is 3.37. The molecule has 5 heteroatoms. The number of hydrogen-bond donors (Lipinski definition) is 2. The minimum Gasteiger partial charge on any atom is -0.393 e. The maximum atomic E-state index is 10.5. The van der Waals surface area contributed by atoms with Crippen LogP contribution in [0.25, 0.3) is 0 Å². The van der Waals surface area contributed by atoms with Crippen LogP contribution in [0.2, 0.25) is 0 Å². The van der Waals surface area contributed by atoms with E-state index in [2.05, 4.69) is 11.8 Å². The van der Waals surface area contributed by atoms with E-state index in [-0.39, 0.29) is 11.0 Å². The van der Waals surface area contributed by atoms with Crippen LogP contribution in [-0.2, 0) is 10.1 Å². The van der Waals surface area contributed by atoms with Crippen molar-refractivity contribution in [2.45, 2.75) is 62.9 Å². The fourth-order valence-electron chi connectivity index (χ4n) is 2.05. The molecular formula is C17H24O4S. The highest BCUT2D eigenvalue weighted by Gasteiger charge is 2.06. The van der Waals surface area contributed by atoms with Crippen LogP contribution >= 0.6 is 0 Å². The van der Waals surface area contributed by atoms with Gasteiger partial charge in [0.25, 0.3) is 10.1 Å². The third kappa shape index (κ3) is 8.18. The quantitative estimate of drug-likeness (QED) is 0.614. The molecule has 0 bridgehead atoms. The summed E-state index contributed by atoms with van der Waals surface area (Å²) in [4.78, 5) is -0.0666. The molecule has 0 amide bonds. The van der Waals surface area contributed by atoms with Crippen LogP contribution in [0.5, 0.6) is 0 Å². The zero-order valence-electron chi connectivity index (χ0n) is 13.0. The van der Waals surface area contributed by atoms with Crippen LogP contribution in [0.15, 0.2) is 29.2 Å². The predicted octanol–water partition coefficient (Wildman–Crippen LogP) is 3.34. The fourth-order valence-corrected chi connectivity index (χ4v) is 2.53. The maximum absolute atomic E-state index is 10.5. The van der Waals surface area contributed by atoms with E-state index in [0.29, 0.717) is 0 Å². The zero-order chi connectivity index (χ0) is 16.4. The zero-order valence-corrected chi connectivity index (χ0v) is 13.8. The van der Waals surface area contributed by atoms with Gasteiger partial charge in [0.15, 0.2) is 0 Å². The van der Waals surface area contributed by atoms with Crippen molar-refractivity contribution in [2.75, 3.05) is 0 Å². The number of aryl methyl sites for hydroxylation is 1. The topological polar surface area (TPSA) is 74.6 Å². The van der Waals surface area contributed by atoms with Crippen LogP contribution in [0.1, 0.15) is 50.5 Å². The van der Waals surface area contributed by atoms with Crippen LogP contribution < -0.4 is 0 Å². The largest absolute Gasteiger partial charge is 0.393 e. The molecule has 1 atom stereocenters. The van der Waals surface area contributed by atoms with Gasteiger partial charge in [0.2, 0.25) is 0 Å². The Morgan fingerprint density at radius 1 is 1.00 bits per heavy atom. The Bertz CT molecular complexity index is 594. The Balaban J connectivity index is 0.000000220. The first-order valence-corrected chi connectivity index (χ1v) is 9.01. The van der Waals surface area contributed by atoms with Gasteiger partial charge < -0.3 is 5.11 Å². The molecule has 2 rings (SSSR count). The molecule has 2 N–H and O–H groups in total. The van der Waals surface area contributed by atoms with Crippen LogP contribution in [0.4, 0.5) is 0 Å². The van der Waals surface area contributed by atoms with Crippen molar-refractivity contribution in [3.63, 3.8) is 0 Å². The lowest BCUT2D eigenvalue weighted by Gasteiger charge is -2.08. The fraction of sp³-hybridized carbons (Fsp3) is 0.529. The normalized spacial score (nSPS) is 19.1. The van der Waals surface area contributed by atoms with Gasteiger partial charge in [-0.1, -0.05) is 17.7 Å². The summed E-state index contributed by atoms with van der Waals surface area (Å²) in [6.45, 7) is 1.84. The van der Waals surface area contributed by atoms with Gasteiger partial charge in [-0.05, 0) is 51.2 Å². The highest BCUT2D eigenvalue weighted by atomic mass is 32.2. The molecule has 0 fully saturated rings. The number of aliphatic hydroxyl groups excluding tert-OH is 1. The van der Waals surface area contributed by atoms with Gasteiger partial charge in [-0.15, -0.1) is 11.8 Å². The molecule has 0 saturated carbocycles. The average Bonchev–Trinajstić information content (AvgIpc) is 2.46. The van der Waals surface area contributed by atoms with E-state index in [0.717, 1.165) is 50.5 Å². The molecule has 0 radical (unpaired) electrons. The lowest BCUT2D eigenvalue weighted by Crippen LogP contribution is -2.06. The Kier molecular flexibility index (Phi) is 8.18. The van der Waals surface area contributed by atoms with Crippen molar-refractivity contribution < 1.29 is 18.1 Å². The second-order valence-electron chi connectivity index (χ2n) is 5.43. The maximum Gasteiger partial charge on any atom is 0.294 e. The molecule has 0 heterocycles. The summed E-state index contributed by atoms with van der Waals surface area (Å²) in [5, 5.41) is 9.38. The molecule has 1 aliphatic rings. The minimum atomic E-state index is -4.02. The van der Waals surface area contributed by atoms with Crippen molar-refractivity contribution in [3.8, 4) is 11.8 Å². The summed E-state index contributed by atoms with van der Waals surface area (Å²) in [6, 6.07) is 5.99. The van der Waals surface area contributed by atoms with Crippen molar-refractivity contribution >= 4 is 10.1 Å². The molecule has 22 heavy (non-hydrogen) atoms. The Morgan fingerprint density at radius 3 is 2.14 bits per heavy atom. The molecule has 0 aromatic heterocycles. The van der Waals surface area contributed by atoms with Gasteiger partial charge in [0, 0.05) is 12.8 Å². The van der Waals surface area contributed by atoms with Crippen LogP contribution in [-0.4, -0.2) is 24.2 Å². The second-order valence-corrected chi connectivity index (χ2v) is 6.86. The van der Waals surface area contributed by atoms with E-state index in [1.807, 2.05) is 6.92 Å². The molecule has 0 saturated heterocycles. The first kappa shape index (κ1) is 18.7. The highest BCUT2D eigenvalue weighted by Crippen LogP contribution is 2.10. The van der Waals surface area contributed by atoms with Gasteiger partial charge in [-0.25, -0.2) is 0 Å². The monoisotopic (exact) mass is 324 g/mol. The van der Waals surface area contributed by atoms with Crippen LogP contribution in [0.3, 0.4) is 0 Å². The SMILES string of the molecule is Cc1ccc(S(=O)(=O)O)cc1.OC1CCCC#CCCCC1. The van der Waals surface area contributed by atoms with Gasteiger partial charge in [0.1, 0.15) is 0 Å². The lowest BCUT2D eigenvalue weighted by molar-refractivity contribution is 0.149.